The van der Waals surface area contributed by atoms with E-state index in [9.17, 15) is 19.2 Å². The molecule has 3 N–H and O–H groups in total. The van der Waals surface area contributed by atoms with Gasteiger partial charge in [0.2, 0.25) is 12.0 Å². The SMILES string of the molecule is CN(C)c1ccc(/N=N/c2ccc(C(=O)NC3CCC(NC(=O)OC(C(=O)N4CCC(C(=O)Nc5ccc(I)cc5)CC4)c4ccc(OCN=[N+]=[N-])cc4)CC3)cc2)cc1. The van der Waals surface area contributed by atoms with Crippen LogP contribution in [0.3, 0.4) is 0 Å². The number of carbonyl (C=O) groups excluding carboxylic acids is 4. The predicted octanol–water partition coefficient (Wildman–Crippen LogP) is 8.81. The molecule has 1 unspecified atom stereocenters. The number of carbonyl (C=O) groups is 4. The van der Waals surface area contributed by atoms with Crippen LogP contribution in [-0.2, 0) is 14.3 Å². The zero-order valence-corrected chi connectivity index (χ0v) is 35.5. The van der Waals surface area contributed by atoms with Crippen molar-refractivity contribution in [1.29, 1.82) is 0 Å². The lowest BCUT2D eigenvalue weighted by molar-refractivity contribution is -0.143. The number of azide groups is 1. The van der Waals surface area contributed by atoms with Crippen molar-refractivity contribution in [1.82, 2.24) is 15.5 Å². The van der Waals surface area contributed by atoms with Crippen LogP contribution in [0.4, 0.5) is 27.5 Å². The molecule has 4 amide bonds. The maximum Gasteiger partial charge on any atom is 0.408 e. The lowest BCUT2D eigenvalue weighted by atomic mass is 9.91. The summed E-state index contributed by atoms with van der Waals surface area (Å²) < 4.78 is 12.3. The predicted molar refractivity (Wildman–Crippen MR) is 235 cm³/mol. The van der Waals surface area contributed by atoms with Crippen LogP contribution in [0.5, 0.6) is 5.75 Å². The molecule has 60 heavy (non-hydrogen) atoms. The standard InChI is InChI=1S/C43H47IN10O6/c1-53(2)37-19-17-36(18-20-37)51-50-35-9-3-29(4-10-35)40(55)48-33-13-15-34(16-14-33)49-43(58)60-39(28-5-21-38(22-6-28)59-27-46-52-45)42(57)54-25-23-30(24-26-54)41(56)47-32-11-7-31(44)8-12-32/h3-12,17-22,30,33-34,39H,13-16,23-27H2,1-2H3,(H,47,56)(H,48,55)(H,49,58)/b51-50+. The van der Waals surface area contributed by atoms with Crippen molar-refractivity contribution in [3.05, 3.63) is 122 Å². The molecule has 1 heterocycles. The first-order chi connectivity index (χ1) is 29.0. The number of rotatable bonds is 14. The summed E-state index contributed by atoms with van der Waals surface area (Å²) in [5.41, 5.74) is 12.6. The second-order valence-corrected chi connectivity index (χ2v) is 16.0. The number of amides is 4. The van der Waals surface area contributed by atoms with Crippen LogP contribution in [0.15, 0.2) is 112 Å². The Kier molecular flexibility index (Phi) is 15.3. The van der Waals surface area contributed by atoms with Crippen LogP contribution in [-0.4, -0.2) is 74.7 Å². The minimum Gasteiger partial charge on any atom is -0.488 e. The summed E-state index contributed by atoms with van der Waals surface area (Å²) in [6.07, 6.45) is 1.40. The van der Waals surface area contributed by atoms with Gasteiger partial charge in [-0.15, -0.1) is 0 Å². The Morgan fingerprint density at radius 2 is 1.38 bits per heavy atom. The summed E-state index contributed by atoms with van der Waals surface area (Å²) in [5.74, 6) is -0.561. The number of alkyl carbamates (subject to hydrolysis) is 1. The Balaban J connectivity index is 0.996. The van der Waals surface area contributed by atoms with Crippen LogP contribution in [0.2, 0.25) is 0 Å². The van der Waals surface area contributed by atoms with Crippen molar-refractivity contribution in [3.8, 4) is 5.75 Å². The second kappa shape index (κ2) is 21.2. The smallest absolute Gasteiger partial charge is 0.408 e. The molecule has 2 aliphatic rings. The third kappa shape index (κ3) is 12.4. The van der Waals surface area contributed by atoms with E-state index in [4.69, 9.17) is 15.0 Å². The summed E-state index contributed by atoms with van der Waals surface area (Å²) in [5, 5.41) is 20.9. The zero-order chi connectivity index (χ0) is 42.4. The first-order valence-corrected chi connectivity index (χ1v) is 20.8. The van der Waals surface area contributed by atoms with Gasteiger partial charge in [0.15, 0.2) is 6.73 Å². The Hall–Kier alpha value is -6.20. The molecular weight excluding hydrogens is 879 g/mol. The first-order valence-electron chi connectivity index (χ1n) is 19.7. The van der Waals surface area contributed by atoms with E-state index in [1.165, 1.54) is 0 Å². The molecular formula is C43H47IN10O6. The van der Waals surface area contributed by atoms with E-state index >= 15 is 0 Å². The Morgan fingerprint density at radius 1 is 0.800 bits per heavy atom. The molecule has 17 heteroatoms. The maximum absolute atomic E-state index is 14.0. The average molecular weight is 927 g/mol. The second-order valence-electron chi connectivity index (χ2n) is 14.8. The van der Waals surface area contributed by atoms with Gasteiger partial charge in [-0.05, 0) is 152 Å². The van der Waals surface area contributed by atoms with E-state index in [0.29, 0.717) is 79.9 Å². The number of piperidine rings is 1. The highest BCUT2D eigenvalue weighted by molar-refractivity contribution is 14.1. The van der Waals surface area contributed by atoms with Crippen molar-refractivity contribution in [2.24, 2.45) is 21.3 Å². The van der Waals surface area contributed by atoms with E-state index in [0.717, 1.165) is 14.9 Å². The first kappa shape index (κ1) is 43.4. The molecule has 0 radical (unpaired) electrons. The van der Waals surface area contributed by atoms with E-state index in [-0.39, 0.29) is 36.5 Å². The Morgan fingerprint density at radius 3 is 1.97 bits per heavy atom. The lowest BCUT2D eigenvalue weighted by Crippen LogP contribution is -2.46. The normalized spacial score (nSPS) is 17.1. The van der Waals surface area contributed by atoms with Gasteiger partial charge in [0.25, 0.3) is 11.8 Å². The fourth-order valence-electron chi connectivity index (χ4n) is 7.01. The maximum atomic E-state index is 14.0. The minimum atomic E-state index is -1.26. The number of hydrogen-bond acceptors (Lipinski definition) is 10. The molecule has 0 spiro atoms. The van der Waals surface area contributed by atoms with Crippen LogP contribution >= 0.6 is 22.6 Å². The number of anilines is 2. The topological polar surface area (TPSA) is 203 Å². The summed E-state index contributed by atoms with van der Waals surface area (Å²) in [6, 6.07) is 28.4. The molecule has 0 aromatic heterocycles. The number of ether oxygens (including phenoxy) is 2. The van der Waals surface area contributed by atoms with Gasteiger partial charge in [0.1, 0.15) is 5.75 Å². The van der Waals surface area contributed by atoms with Crippen LogP contribution < -0.4 is 25.6 Å². The molecule has 0 bridgehead atoms. The monoisotopic (exact) mass is 926 g/mol. The van der Waals surface area contributed by atoms with Crippen LogP contribution in [0, 0.1) is 9.49 Å². The number of hydrogen-bond donors (Lipinski definition) is 3. The average Bonchev–Trinajstić information content (AvgIpc) is 3.27. The highest BCUT2D eigenvalue weighted by Crippen LogP contribution is 2.28. The number of halogens is 1. The van der Waals surface area contributed by atoms with E-state index < -0.39 is 18.1 Å². The molecule has 1 saturated heterocycles. The molecule has 1 aliphatic carbocycles. The van der Waals surface area contributed by atoms with Crippen molar-refractivity contribution >= 4 is 69.2 Å². The number of nitrogens with zero attached hydrogens (tertiary/aromatic N) is 7. The molecule has 1 atom stereocenters. The quantitative estimate of drug-likeness (QED) is 0.0485. The van der Waals surface area contributed by atoms with Gasteiger partial charge in [-0.1, -0.05) is 17.2 Å². The van der Waals surface area contributed by atoms with Gasteiger partial charge < -0.3 is 35.2 Å². The van der Waals surface area contributed by atoms with Crippen LogP contribution in [0.1, 0.15) is 60.6 Å². The molecule has 2 fully saturated rings. The van der Waals surface area contributed by atoms with Gasteiger partial charge >= 0.3 is 6.09 Å². The van der Waals surface area contributed by atoms with E-state index in [2.05, 4.69) is 58.8 Å². The van der Waals surface area contributed by atoms with Gasteiger partial charge in [-0.2, -0.15) is 10.2 Å². The summed E-state index contributed by atoms with van der Waals surface area (Å²) in [4.78, 5) is 59.8. The van der Waals surface area contributed by atoms with Crippen molar-refractivity contribution in [3.63, 3.8) is 0 Å². The van der Waals surface area contributed by atoms with Crippen LogP contribution in [0.25, 0.3) is 10.4 Å². The minimum absolute atomic E-state index is 0.0773. The third-order valence-electron chi connectivity index (χ3n) is 10.4. The summed E-state index contributed by atoms with van der Waals surface area (Å²) in [6.45, 7) is 0.426. The van der Waals surface area contributed by atoms with Gasteiger partial charge in [-0.3, -0.25) is 14.4 Å². The molecule has 6 rings (SSSR count). The van der Waals surface area contributed by atoms with E-state index in [1.807, 2.05) is 67.5 Å². The molecule has 4 aromatic rings. The molecule has 4 aromatic carbocycles. The van der Waals surface area contributed by atoms with Gasteiger partial charge in [0, 0.05) is 76.2 Å². The summed E-state index contributed by atoms with van der Waals surface area (Å²) in [7, 11) is 3.95. The van der Waals surface area contributed by atoms with Crippen molar-refractivity contribution < 1.29 is 28.7 Å². The number of benzene rings is 4. The fourth-order valence-corrected chi connectivity index (χ4v) is 7.37. The molecule has 1 saturated carbocycles. The van der Waals surface area contributed by atoms with Gasteiger partial charge in [0.05, 0.1) is 11.4 Å². The zero-order valence-electron chi connectivity index (χ0n) is 33.4. The largest absolute Gasteiger partial charge is 0.488 e. The fraction of sp³-hybridized carbons (Fsp3) is 0.349. The molecule has 312 valence electrons. The highest BCUT2D eigenvalue weighted by atomic mass is 127. The molecule has 16 nitrogen and oxygen atoms in total. The lowest BCUT2D eigenvalue weighted by Gasteiger charge is -2.34. The Bertz CT molecular complexity index is 2160. The number of azo groups is 1. The summed E-state index contributed by atoms with van der Waals surface area (Å²) >= 11 is 2.21. The number of nitrogens with one attached hydrogen (secondary N) is 3. The third-order valence-corrected chi connectivity index (χ3v) is 11.2. The van der Waals surface area contributed by atoms with Crippen molar-refractivity contribution in [2.45, 2.75) is 56.7 Å². The van der Waals surface area contributed by atoms with Crippen molar-refractivity contribution in [2.75, 3.05) is 44.1 Å². The van der Waals surface area contributed by atoms with Gasteiger partial charge in [-0.25, -0.2) is 4.79 Å². The Labute approximate surface area is 361 Å². The van der Waals surface area contributed by atoms with E-state index in [1.54, 1.807) is 53.4 Å². The number of likely N-dealkylation sites (tertiary alicyclic amines) is 1. The molecule has 1 aliphatic heterocycles. The highest BCUT2D eigenvalue weighted by Gasteiger charge is 2.35.